The lowest BCUT2D eigenvalue weighted by atomic mass is 10.2. The molecule has 3 nitrogen and oxygen atoms in total. The van der Waals surface area contributed by atoms with Crippen molar-refractivity contribution < 1.29 is 22.0 Å². The van der Waals surface area contributed by atoms with Gasteiger partial charge < -0.3 is 0 Å². The molecule has 0 N–H and O–H groups in total. The average molecular weight is 323 g/mol. The molecular formula is C12H10F5N3S. The van der Waals surface area contributed by atoms with Crippen LogP contribution in [0.1, 0.15) is 17.8 Å². The summed E-state index contributed by atoms with van der Waals surface area (Å²) < 4.78 is 64.1. The largest absolute Gasteiger partial charge is 0.299 e. The van der Waals surface area contributed by atoms with E-state index in [1.54, 1.807) is 6.92 Å². The maximum absolute atomic E-state index is 13.9. The maximum Gasteiger partial charge on any atom is 0.299 e. The minimum Gasteiger partial charge on any atom is -0.218 e. The zero-order valence-electron chi connectivity index (χ0n) is 10.7. The van der Waals surface area contributed by atoms with Crippen LogP contribution < -0.4 is 0 Å². The Kier molecular flexibility index (Phi) is 4.81. The van der Waals surface area contributed by atoms with Gasteiger partial charge in [-0.1, -0.05) is 0 Å². The lowest BCUT2D eigenvalue weighted by molar-refractivity contribution is 0.140. The highest BCUT2D eigenvalue weighted by Gasteiger charge is 2.16. The van der Waals surface area contributed by atoms with E-state index < -0.39 is 30.2 Å². The summed E-state index contributed by atoms with van der Waals surface area (Å²) in [6, 6.07) is 2.44. The van der Waals surface area contributed by atoms with Gasteiger partial charge in [0.1, 0.15) is 17.8 Å². The van der Waals surface area contributed by atoms with E-state index in [1.165, 1.54) is 6.07 Å². The highest BCUT2D eigenvalue weighted by Crippen LogP contribution is 2.28. The Morgan fingerprint density at radius 3 is 2.52 bits per heavy atom. The Morgan fingerprint density at radius 2 is 1.95 bits per heavy atom. The van der Waals surface area contributed by atoms with Gasteiger partial charge in [0.15, 0.2) is 0 Å². The highest BCUT2D eigenvalue weighted by atomic mass is 32.2. The predicted octanol–water partition coefficient (Wildman–Crippen LogP) is 4.01. The molecular weight excluding hydrogens is 313 g/mol. The predicted molar refractivity (Wildman–Crippen MR) is 67.7 cm³/mol. The Bertz CT molecular complexity index is 629. The molecule has 1 aromatic heterocycles. The van der Waals surface area contributed by atoms with Crippen molar-refractivity contribution in [3.05, 3.63) is 35.7 Å². The Morgan fingerprint density at radius 1 is 1.24 bits per heavy atom. The normalized spacial score (nSPS) is 11.6. The van der Waals surface area contributed by atoms with Crippen molar-refractivity contribution >= 4 is 11.8 Å². The number of nitrogens with zero attached hydrogens (tertiary/aromatic N) is 3. The maximum atomic E-state index is 13.9. The molecule has 0 fully saturated rings. The van der Waals surface area contributed by atoms with Crippen LogP contribution in [0.25, 0.3) is 5.69 Å². The number of benzene rings is 1. The van der Waals surface area contributed by atoms with Crippen LogP contribution in [-0.4, -0.2) is 26.9 Å². The van der Waals surface area contributed by atoms with Crippen LogP contribution in [-0.2, 0) is 0 Å². The second kappa shape index (κ2) is 6.42. The van der Waals surface area contributed by atoms with E-state index >= 15 is 0 Å². The van der Waals surface area contributed by atoms with Crippen molar-refractivity contribution in [1.82, 2.24) is 14.8 Å². The minimum atomic E-state index is -2.87. The van der Waals surface area contributed by atoms with Gasteiger partial charge >= 0.3 is 0 Å². The first kappa shape index (κ1) is 15.7. The molecule has 2 aromatic rings. The fourth-order valence-corrected chi connectivity index (χ4v) is 2.40. The molecule has 0 atom stereocenters. The first-order chi connectivity index (χ1) is 9.88. The molecule has 2 rings (SSSR count). The van der Waals surface area contributed by atoms with Crippen molar-refractivity contribution in [1.29, 1.82) is 0 Å². The van der Waals surface area contributed by atoms with Crippen LogP contribution in [0.2, 0.25) is 0 Å². The molecule has 0 aliphatic heterocycles. The molecule has 1 aromatic carbocycles. The van der Waals surface area contributed by atoms with Crippen LogP contribution in [0.4, 0.5) is 22.0 Å². The second-order valence-electron chi connectivity index (χ2n) is 4.12. The van der Waals surface area contributed by atoms with E-state index in [0.29, 0.717) is 10.5 Å². The Balaban J connectivity index is 2.35. The van der Waals surface area contributed by atoms with Gasteiger partial charge in [-0.3, -0.25) is 0 Å². The monoisotopic (exact) mass is 323 g/mol. The molecule has 0 saturated carbocycles. The summed E-state index contributed by atoms with van der Waals surface area (Å²) in [5, 5.41) is 3.46. The van der Waals surface area contributed by atoms with Gasteiger partial charge in [-0.15, -0.1) is 16.9 Å². The van der Waals surface area contributed by atoms with Gasteiger partial charge in [0.05, 0.1) is 5.75 Å². The van der Waals surface area contributed by atoms with Gasteiger partial charge in [-0.25, -0.2) is 31.6 Å². The number of thioether (sulfide) groups is 1. The molecule has 0 spiro atoms. The minimum absolute atomic E-state index is 0.114. The van der Waals surface area contributed by atoms with Crippen molar-refractivity contribution in [2.45, 2.75) is 24.7 Å². The molecule has 0 amide bonds. The zero-order valence-corrected chi connectivity index (χ0v) is 11.6. The van der Waals surface area contributed by atoms with E-state index in [2.05, 4.69) is 10.1 Å². The lowest BCUT2D eigenvalue weighted by Gasteiger charge is -2.09. The molecule has 114 valence electrons. The third-order valence-corrected chi connectivity index (χ3v) is 3.73. The van der Waals surface area contributed by atoms with E-state index in [0.717, 1.165) is 28.8 Å². The molecule has 0 bridgehead atoms. The number of aryl methyl sites for hydroxylation is 1. The van der Waals surface area contributed by atoms with Crippen LogP contribution in [0.5, 0.6) is 0 Å². The first-order valence-corrected chi connectivity index (χ1v) is 6.78. The van der Waals surface area contributed by atoms with Crippen molar-refractivity contribution in [3.63, 3.8) is 0 Å². The fourth-order valence-electron chi connectivity index (χ4n) is 1.62. The number of hydrogen-bond donors (Lipinski definition) is 0. The van der Waals surface area contributed by atoms with Crippen LogP contribution in [0, 0.1) is 12.7 Å². The topological polar surface area (TPSA) is 30.7 Å². The van der Waals surface area contributed by atoms with Gasteiger partial charge in [0.2, 0.25) is 12.2 Å². The number of rotatable bonds is 5. The van der Waals surface area contributed by atoms with E-state index in [9.17, 15) is 22.0 Å². The summed E-state index contributed by atoms with van der Waals surface area (Å²) >= 11 is 0.859. The summed E-state index contributed by atoms with van der Waals surface area (Å²) in [5.41, 5.74) is 0.368. The first-order valence-electron chi connectivity index (χ1n) is 5.79. The third-order valence-electron chi connectivity index (χ3n) is 2.56. The second-order valence-corrected chi connectivity index (χ2v) is 5.18. The van der Waals surface area contributed by atoms with Crippen LogP contribution in [0.15, 0.2) is 23.4 Å². The molecule has 0 radical (unpaired) electrons. The molecule has 0 unspecified atom stereocenters. The number of aromatic nitrogens is 3. The Hall–Kier alpha value is -1.64. The Labute approximate surface area is 121 Å². The van der Waals surface area contributed by atoms with E-state index in [-0.39, 0.29) is 5.69 Å². The van der Waals surface area contributed by atoms with Crippen molar-refractivity contribution in [2.24, 2.45) is 0 Å². The van der Waals surface area contributed by atoms with Crippen LogP contribution >= 0.6 is 11.8 Å². The standard InChI is InChI=1S/C12H10F5N3S/c1-6-2-7(13)8(3-9(6)21-4-10(14)15)20-5-18-12(19-20)11(16)17/h2-3,5,10-11H,4H2,1H3. The smallest absolute Gasteiger partial charge is 0.218 e. The third kappa shape index (κ3) is 3.72. The lowest BCUT2D eigenvalue weighted by Crippen LogP contribution is -2.02. The molecule has 9 heteroatoms. The van der Waals surface area contributed by atoms with E-state index in [4.69, 9.17) is 0 Å². The van der Waals surface area contributed by atoms with E-state index in [1.807, 2.05) is 0 Å². The SMILES string of the molecule is Cc1cc(F)c(-n2cnc(C(F)F)n2)cc1SCC(F)F. The fraction of sp³-hybridized carbons (Fsp3) is 0.333. The number of hydrogen-bond acceptors (Lipinski definition) is 3. The molecule has 0 aliphatic carbocycles. The molecule has 1 heterocycles. The van der Waals surface area contributed by atoms with Crippen molar-refractivity contribution in [3.8, 4) is 5.69 Å². The van der Waals surface area contributed by atoms with Gasteiger partial charge in [0, 0.05) is 4.90 Å². The quantitative estimate of drug-likeness (QED) is 0.615. The molecule has 21 heavy (non-hydrogen) atoms. The van der Waals surface area contributed by atoms with Gasteiger partial charge in [-0.2, -0.15) is 0 Å². The highest BCUT2D eigenvalue weighted by molar-refractivity contribution is 7.99. The molecule has 0 saturated heterocycles. The summed E-state index contributed by atoms with van der Waals surface area (Å²) in [6.45, 7) is 1.58. The number of halogens is 5. The number of alkyl halides is 4. The average Bonchev–Trinajstić information content (AvgIpc) is 2.87. The van der Waals surface area contributed by atoms with Gasteiger partial charge in [-0.05, 0) is 24.6 Å². The summed E-state index contributed by atoms with van der Waals surface area (Å²) in [7, 11) is 0. The summed E-state index contributed by atoms with van der Waals surface area (Å²) in [4.78, 5) is 3.80. The van der Waals surface area contributed by atoms with Crippen molar-refractivity contribution in [2.75, 3.05) is 5.75 Å². The summed E-state index contributed by atoms with van der Waals surface area (Å²) in [6.07, 6.45) is -4.41. The zero-order chi connectivity index (χ0) is 15.6. The van der Waals surface area contributed by atoms with Crippen LogP contribution in [0.3, 0.4) is 0 Å². The summed E-state index contributed by atoms with van der Waals surface area (Å²) in [5.74, 6) is -1.86. The van der Waals surface area contributed by atoms with Gasteiger partial charge in [0.25, 0.3) is 6.43 Å². The molecule has 0 aliphatic rings.